The van der Waals surface area contributed by atoms with E-state index >= 15 is 0 Å². The second-order valence-corrected chi connectivity index (χ2v) is 5.14. The minimum atomic E-state index is 0.00491. The Balaban J connectivity index is 1.81. The van der Waals surface area contributed by atoms with Gasteiger partial charge in [-0.1, -0.05) is 36.4 Å². The first-order chi connectivity index (χ1) is 8.87. The van der Waals surface area contributed by atoms with Crippen molar-refractivity contribution in [3.63, 3.8) is 0 Å². The normalized spacial score (nSPS) is 24.0. The number of para-hydroxylation sites is 2. The number of fused-ring (bicyclic) bond motifs is 3. The molecular formula is C16H14O2. The Morgan fingerprint density at radius 2 is 1.44 bits per heavy atom. The Bertz CT molecular complexity index is 606. The predicted molar refractivity (Wildman–Crippen MR) is 69.3 cm³/mol. The molecule has 0 saturated heterocycles. The van der Waals surface area contributed by atoms with E-state index < -0.39 is 0 Å². The highest BCUT2D eigenvalue weighted by molar-refractivity contribution is 5.48. The molecule has 2 heterocycles. The fraction of sp³-hybridized carbons (Fsp3) is 0.250. The Labute approximate surface area is 106 Å². The quantitative estimate of drug-likeness (QED) is 0.702. The van der Waals surface area contributed by atoms with Crippen LogP contribution in [0.15, 0.2) is 48.5 Å². The van der Waals surface area contributed by atoms with Crippen LogP contribution in [0.4, 0.5) is 0 Å². The van der Waals surface area contributed by atoms with Gasteiger partial charge in [0.25, 0.3) is 0 Å². The van der Waals surface area contributed by atoms with Crippen LogP contribution < -0.4 is 9.47 Å². The van der Waals surface area contributed by atoms with Gasteiger partial charge in [0, 0.05) is 5.56 Å². The predicted octanol–water partition coefficient (Wildman–Crippen LogP) is 2.95. The molecule has 0 saturated carbocycles. The molecule has 2 heteroatoms. The summed E-state index contributed by atoms with van der Waals surface area (Å²) in [4.78, 5) is 0. The molecule has 0 N–H and O–H groups in total. The van der Waals surface area contributed by atoms with Crippen molar-refractivity contribution in [1.29, 1.82) is 0 Å². The Morgan fingerprint density at radius 1 is 0.778 bits per heavy atom. The van der Waals surface area contributed by atoms with E-state index in [2.05, 4.69) is 24.3 Å². The Kier molecular flexibility index (Phi) is 1.95. The van der Waals surface area contributed by atoms with E-state index in [4.69, 9.17) is 9.47 Å². The molecule has 1 unspecified atom stereocenters. The van der Waals surface area contributed by atoms with Crippen LogP contribution in [0.1, 0.15) is 11.1 Å². The maximum absolute atomic E-state index is 5.94. The fourth-order valence-corrected chi connectivity index (χ4v) is 3.01. The van der Waals surface area contributed by atoms with Gasteiger partial charge in [0.2, 0.25) is 0 Å². The maximum atomic E-state index is 5.94. The first-order valence-electron chi connectivity index (χ1n) is 6.30. The summed E-state index contributed by atoms with van der Waals surface area (Å²) in [5.74, 6) is 2.04. The smallest absolute Gasteiger partial charge is 0.123 e. The summed E-state index contributed by atoms with van der Waals surface area (Å²) in [5.41, 5.74) is 2.58. The maximum Gasteiger partial charge on any atom is 0.123 e. The van der Waals surface area contributed by atoms with Crippen LogP contribution in [-0.4, -0.2) is 13.2 Å². The van der Waals surface area contributed by atoms with E-state index in [0.717, 1.165) is 24.5 Å². The van der Waals surface area contributed by atoms with Gasteiger partial charge in [0.15, 0.2) is 0 Å². The molecule has 2 aromatic carbocycles. The van der Waals surface area contributed by atoms with Crippen LogP contribution in [0.2, 0.25) is 0 Å². The molecule has 90 valence electrons. The Morgan fingerprint density at radius 3 is 2.33 bits per heavy atom. The highest BCUT2D eigenvalue weighted by atomic mass is 16.5. The zero-order valence-electron chi connectivity index (χ0n) is 10.1. The molecule has 2 aliphatic heterocycles. The molecule has 1 atom stereocenters. The van der Waals surface area contributed by atoms with E-state index in [9.17, 15) is 0 Å². The highest BCUT2D eigenvalue weighted by Gasteiger charge is 2.44. The molecule has 0 fully saturated rings. The molecule has 0 aromatic heterocycles. The third-order valence-electron chi connectivity index (χ3n) is 3.97. The van der Waals surface area contributed by atoms with Gasteiger partial charge in [-0.05, 0) is 24.1 Å². The van der Waals surface area contributed by atoms with Crippen molar-refractivity contribution in [2.24, 2.45) is 0 Å². The van der Waals surface area contributed by atoms with Crippen molar-refractivity contribution in [1.82, 2.24) is 0 Å². The second-order valence-electron chi connectivity index (χ2n) is 5.14. The van der Waals surface area contributed by atoms with Gasteiger partial charge < -0.3 is 9.47 Å². The van der Waals surface area contributed by atoms with Crippen LogP contribution >= 0.6 is 0 Å². The van der Waals surface area contributed by atoms with Gasteiger partial charge in [-0.3, -0.25) is 0 Å². The molecule has 0 amide bonds. The van der Waals surface area contributed by atoms with E-state index in [-0.39, 0.29) is 5.41 Å². The zero-order chi connectivity index (χ0) is 12.0. The fourth-order valence-electron chi connectivity index (χ4n) is 3.01. The summed E-state index contributed by atoms with van der Waals surface area (Å²) in [5, 5.41) is 0. The summed E-state index contributed by atoms with van der Waals surface area (Å²) in [7, 11) is 0. The monoisotopic (exact) mass is 238 g/mol. The molecule has 4 rings (SSSR count). The zero-order valence-corrected chi connectivity index (χ0v) is 10.1. The van der Waals surface area contributed by atoms with Crippen LogP contribution in [0.25, 0.3) is 0 Å². The molecule has 2 nitrogen and oxygen atoms in total. The summed E-state index contributed by atoms with van der Waals surface area (Å²) >= 11 is 0. The van der Waals surface area contributed by atoms with Gasteiger partial charge in [0.1, 0.15) is 24.7 Å². The largest absolute Gasteiger partial charge is 0.492 e. The highest BCUT2D eigenvalue weighted by Crippen LogP contribution is 2.44. The van der Waals surface area contributed by atoms with Crippen molar-refractivity contribution in [3.05, 3.63) is 59.7 Å². The van der Waals surface area contributed by atoms with E-state index in [1.54, 1.807) is 0 Å². The molecule has 0 radical (unpaired) electrons. The van der Waals surface area contributed by atoms with Gasteiger partial charge in [0.05, 0.1) is 5.41 Å². The second kappa shape index (κ2) is 3.52. The summed E-state index contributed by atoms with van der Waals surface area (Å²) in [6.45, 7) is 1.43. The molecular weight excluding hydrogens is 224 g/mol. The number of rotatable bonds is 0. The lowest BCUT2D eigenvalue weighted by Gasteiger charge is -2.33. The van der Waals surface area contributed by atoms with E-state index in [1.807, 2.05) is 24.3 Å². The third kappa shape index (κ3) is 1.29. The van der Waals surface area contributed by atoms with Crippen LogP contribution in [-0.2, 0) is 11.8 Å². The SMILES string of the molecule is c1ccc2c(c1)CC1(CO2)COc2ccccc21. The first-order valence-corrected chi connectivity index (χ1v) is 6.30. The minimum absolute atomic E-state index is 0.00491. The van der Waals surface area contributed by atoms with Gasteiger partial charge in [-0.25, -0.2) is 0 Å². The average molecular weight is 238 g/mol. The number of ether oxygens (including phenoxy) is 2. The van der Waals surface area contributed by atoms with E-state index in [1.165, 1.54) is 11.1 Å². The lowest BCUT2D eigenvalue weighted by molar-refractivity contribution is 0.154. The van der Waals surface area contributed by atoms with Gasteiger partial charge in [-0.2, -0.15) is 0 Å². The third-order valence-corrected chi connectivity index (χ3v) is 3.97. The Hall–Kier alpha value is -1.96. The summed E-state index contributed by atoms with van der Waals surface area (Å²) in [6.07, 6.45) is 1.00. The van der Waals surface area contributed by atoms with Gasteiger partial charge >= 0.3 is 0 Å². The lowest BCUT2D eigenvalue weighted by Crippen LogP contribution is -2.40. The summed E-state index contributed by atoms with van der Waals surface area (Å²) in [6, 6.07) is 16.6. The minimum Gasteiger partial charge on any atom is -0.492 e. The molecule has 18 heavy (non-hydrogen) atoms. The number of benzene rings is 2. The van der Waals surface area contributed by atoms with Crippen LogP contribution in [0.5, 0.6) is 11.5 Å². The molecule has 2 aromatic rings. The molecule has 0 aliphatic carbocycles. The topological polar surface area (TPSA) is 18.5 Å². The van der Waals surface area contributed by atoms with Gasteiger partial charge in [-0.15, -0.1) is 0 Å². The molecule has 1 spiro atoms. The number of hydrogen-bond donors (Lipinski definition) is 0. The number of hydrogen-bond acceptors (Lipinski definition) is 2. The van der Waals surface area contributed by atoms with Crippen molar-refractivity contribution in [3.8, 4) is 11.5 Å². The first kappa shape index (κ1) is 10.0. The van der Waals surface area contributed by atoms with Crippen LogP contribution in [0, 0.1) is 0 Å². The van der Waals surface area contributed by atoms with Crippen molar-refractivity contribution in [2.45, 2.75) is 11.8 Å². The lowest BCUT2D eigenvalue weighted by atomic mass is 9.76. The molecule has 0 bridgehead atoms. The average Bonchev–Trinajstić information content (AvgIpc) is 2.78. The standard InChI is InChI=1S/C16H14O2/c1-3-7-14-12(5-1)9-16(10-17-14)11-18-15-8-4-2-6-13(15)16/h1-8H,9-11H2. The van der Waals surface area contributed by atoms with E-state index in [0.29, 0.717) is 6.61 Å². The van der Waals surface area contributed by atoms with Crippen LogP contribution in [0.3, 0.4) is 0 Å². The van der Waals surface area contributed by atoms with Crippen molar-refractivity contribution in [2.75, 3.05) is 13.2 Å². The molecule has 2 aliphatic rings. The van der Waals surface area contributed by atoms with Crippen molar-refractivity contribution >= 4 is 0 Å². The van der Waals surface area contributed by atoms with Crippen molar-refractivity contribution < 1.29 is 9.47 Å². The summed E-state index contributed by atoms with van der Waals surface area (Å²) < 4.78 is 11.8.